The first-order chi connectivity index (χ1) is 14.8. The predicted octanol–water partition coefficient (Wildman–Crippen LogP) is -0.829. The molecule has 1 heterocycles. The lowest BCUT2D eigenvalue weighted by atomic mass is 10.1. The van der Waals surface area contributed by atoms with Gasteiger partial charge in [0.2, 0.25) is 17.7 Å². The lowest BCUT2D eigenvalue weighted by Crippen LogP contribution is -2.57. The number of nitrogens with one attached hydrogen (secondary N) is 2. The van der Waals surface area contributed by atoms with Crippen LogP contribution < -0.4 is 22.1 Å². The molecule has 1 fully saturated rings. The van der Waals surface area contributed by atoms with Crippen molar-refractivity contribution in [2.75, 3.05) is 30.9 Å². The van der Waals surface area contributed by atoms with Crippen molar-refractivity contribution in [3.05, 3.63) is 0 Å². The van der Waals surface area contributed by atoms with Gasteiger partial charge in [0.25, 0.3) is 0 Å². The molecule has 10 nitrogen and oxygen atoms in total. The fourth-order valence-corrected chi connectivity index (χ4v) is 4.01. The van der Waals surface area contributed by atoms with Crippen LogP contribution in [0, 0.1) is 0 Å². The van der Waals surface area contributed by atoms with Crippen LogP contribution in [0.25, 0.3) is 0 Å². The zero-order valence-electron chi connectivity index (χ0n) is 17.9. The molecule has 1 rings (SSSR count). The van der Waals surface area contributed by atoms with Crippen molar-refractivity contribution in [3.63, 3.8) is 0 Å². The fraction of sp³-hybridized carbons (Fsp3) is 0.789. The first kappa shape index (κ1) is 27.5. The highest BCUT2D eigenvalue weighted by atomic mass is 32.2. The van der Waals surface area contributed by atoms with Crippen molar-refractivity contribution < 1.29 is 24.3 Å². The second kappa shape index (κ2) is 14.5. The summed E-state index contributed by atoms with van der Waals surface area (Å²) in [6, 6.07) is -3.48. The van der Waals surface area contributed by atoms with Crippen LogP contribution in [0.2, 0.25) is 0 Å². The maximum Gasteiger partial charge on any atom is 0.326 e. The fourth-order valence-electron chi connectivity index (χ4n) is 3.38. The molecule has 31 heavy (non-hydrogen) atoms. The Bertz CT molecular complexity index is 624. The zero-order chi connectivity index (χ0) is 23.4. The molecule has 7 N–H and O–H groups in total. The Morgan fingerprint density at radius 1 is 1.16 bits per heavy atom. The second-order valence-electron chi connectivity index (χ2n) is 7.51. The van der Waals surface area contributed by atoms with E-state index >= 15 is 0 Å². The number of amides is 3. The minimum atomic E-state index is -1.05. The lowest BCUT2D eigenvalue weighted by molar-refractivity contribution is -0.149. The largest absolute Gasteiger partial charge is 0.480 e. The summed E-state index contributed by atoms with van der Waals surface area (Å²) in [6.45, 7) is 0.799. The summed E-state index contributed by atoms with van der Waals surface area (Å²) in [5.41, 5.74) is 11.2. The number of hydrogen-bond acceptors (Lipinski definition) is 8. The minimum absolute atomic E-state index is 0.128. The molecule has 1 aliphatic rings. The molecule has 0 spiro atoms. The van der Waals surface area contributed by atoms with Crippen molar-refractivity contribution in [3.8, 4) is 0 Å². The number of thiol groups is 1. The Morgan fingerprint density at radius 2 is 1.84 bits per heavy atom. The van der Waals surface area contributed by atoms with Gasteiger partial charge in [0.15, 0.2) is 0 Å². The van der Waals surface area contributed by atoms with E-state index in [0.29, 0.717) is 57.4 Å². The summed E-state index contributed by atoms with van der Waals surface area (Å²) in [6.07, 6.45) is 4.87. The number of nitrogens with two attached hydrogens (primary N) is 2. The van der Waals surface area contributed by atoms with Crippen LogP contribution >= 0.6 is 24.4 Å². The number of likely N-dealkylation sites (tertiary alicyclic amines) is 1. The molecule has 12 heteroatoms. The average molecular weight is 478 g/mol. The van der Waals surface area contributed by atoms with Crippen LogP contribution in [0.4, 0.5) is 0 Å². The third-order valence-electron chi connectivity index (χ3n) is 5.16. The second-order valence-corrected chi connectivity index (χ2v) is 8.86. The highest BCUT2D eigenvalue weighted by Crippen LogP contribution is 2.20. The van der Waals surface area contributed by atoms with Crippen LogP contribution in [-0.4, -0.2) is 88.7 Å². The van der Waals surface area contributed by atoms with E-state index in [4.69, 9.17) is 11.5 Å². The van der Waals surface area contributed by atoms with Crippen LogP contribution in [0.5, 0.6) is 0 Å². The Balaban J connectivity index is 2.93. The molecule has 4 atom stereocenters. The van der Waals surface area contributed by atoms with E-state index in [2.05, 4.69) is 23.3 Å². The van der Waals surface area contributed by atoms with Gasteiger partial charge in [0.05, 0.1) is 6.04 Å². The number of hydrogen-bond donors (Lipinski definition) is 6. The maximum atomic E-state index is 13.1. The quantitative estimate of drug-likeness (QED) is 0.139. The van der Waals surface area contributed by atoms with Gasteiger partial charge in [-0.25, -0.2) is 4.79 Å². The van der Waals surface area contributed by atoms with E-state index in [1.165, 1.54) is 16.7 Å². The normalized spacial score (nSPS) is 18.8. The minimum Gasteiger partial charge on any atom is -0.480 e. The molecule has 3 amide bonds. The highest BCUT2D eigenvalue weighted by molar-refractivity contribution is 7.98. The van der Waals surface area contributed by atoms with Crippen LogP contribution in [0.1, 0.15) is 38.5 Å². The third kappa shape index (κ3) is 8.87. The van der Waals surface area contributed by atoms with Gasteiger partial charge in [-0.1, -0.05) is 0 Å². The SMILES string of the molecule is CSCCC(NC(=O)C(CCCCN)NC(=O)C(N)CS)C(=O)N1CCCC1C(=O)O. The maximum absolute atomic E-state index is 13.1. The smallest absolute Gasteiger partial charge is 0.326 e. The van der Waals surface area contributed by atoms with E-state index in [-0.39, 0.29) is 5.75 Å². The van der Waals surface area contributed by atoms with Crippen molar-refractivity contribution in [2.24, 2.45) is 11.5 Å². The van der Waals surface area contributed by atoms with Crippen molar-refractivity contribution in [2.45, 2.75) is 62.7 Å². The number of unbranched alkanes of at least 4 members (excludes halogenated alkanes) is 1. The van der Waals surface area contributed by atoms with Gasteiger partial charge in [0, 0.05) is 12.3 Å². The molecule has 0 aromatic carbocycles. The molecule has 4 unspecified atom stereocenters. The molecule has 1 aliphatic heterocycles. The number of carbonyl (C=O) groups is 4. The Hall–Kier alpha value is -1.50. The van der Waals surface area contributed by atoms with Gasteiger partial charge in [-0.2, -0.15) is 24.4 Å². The van der Waals surface area contributed by atoms with Crippen LogP contribution in [-0.2, 0) is 19.2 Å². The third-order valence-corrected chi connectivity index (χ3v) is 6.20. The molecule has 0 aliphatic carbocycles. The first-order valence-electron chi connectivity index (χ1n) is 10.5. The zero-order valence-corrected chi connectivity index (χ0v) is 19.6. The summed E-state index contributed by atoms with van der Waals surface area (Å²) in [4.78, 5) is 51.1. The molecule has 0 aromatic rings. The Morgan fingerprint density at radius 3 is 2.42 bits per heavy atom. The lowest BCUT2D eigenvalue weighted by Gasteiger charge is -2.29. The van der Waals surface area contributed by atoms with Crippen molar-refractivity contribution >= 4 is 48.1 Å². The van der Waals surface area contributed by atoms with Gasteiger partial charge < -0.3 is 32.1 Å². The van der Waals surface area contributed by atoms with Crippen molar-refractivity contribution in [1.82, 2.24) is 15.5 Å². The van der Waals surface area contributed by atoms with Gasteiger partial charge in [-0.15, -0.1) is 0 Å². The van der Waals surface area contributed by atoms with Gasteiger partial charge in [-0.05, 0) is 57.1 Å². The van der Waals surface area contributed by atoms with E-state index in [1.807, 2.05) is 6.26 Å². The summed E-state index contributed by atoms with van der Waals surface area (Å²) in [5.74, 6) is -1.72. The molecule has 178 valence electrons. The average Bonchev–Trinajstić information content (AvgIpc) is 3.24. The number of carbonyl (C=O) groups excluding carboxylic acids is 3. The van der Waals surface area contributed by atoms with E-state index in [1.54, 1.807) is 0 Å². The molecule has 0 saturated carbocycles. The Labute approximate surface area is 193 Å². The molecule has 0 bridgehead atoms. The number of carboxylic acids is 1. The summed E-state index contributed by atoms with van der Waals surface area (Å²) in [7, 11) is 0. The molecule has 0 aromatic heterocycles. The van der Waals surface area contributed by atoms with Gasteiger partial charge in [-0.3, -0.25) is 14.4 Å². The molecule has 1 saturated heterocycles. The summed E-state index contributed by atoms with van der Waals surface area (Å²) < 4.78 is 0. The predicted molar refractivity (Wildman–Crippen MR) is 124 cm³/mol. The van der Waals surface area contributed by atoms with Crippen LogP contribution in [0.3, 0.4) is 0 Å². The summed E-state index contributed by atoms with van der Waals surface area (Å²) >= 11 is 5.53. The van der Waals surface area contributed by atoms with E-state index in [9.17, 15) is 24.3 Å². The number of aliphatic carboxylic acids is 1. The Kier molecular flexibility index (Phi) is 12.9. The standard InChI is InChI=1S/C19H35N5O5S2/c1-31-10-7-14(18(27)24-9-4-6-15(24)19(28)29)23-17(26)13(5-2-3-8-20)22-16(25)12(21)11-30/h12-15,30H,2-11,20-21H2,1H3,(H,22,25)(H,23,26)(H,28,29). The van der Waals surface area contributed by atoms with Gasteiger partial charge >= 0.3 is 5.97 Å². The number of rotatable bonds is 14. The van der Waals surface area contributed by atoms with Gasteiger partial charge in [0.1, 0.15) is 18.1 Å². The van der Waals surface area contributed by atoms with E-state index in [0.717, 1.165) is 0 Å². The van der Waals surface area contributed by atoms with Crippen LogP contribution in [0.15, 0.2) is 0 Å². The molecular weight excluding hydrogens is 442 g/mol. The highest BCUT2D eigenvalue weighted by Gasteiger charge is 2.38. The number of thioether (sulfide) groups is 1. The summed E-state index contributed by atoms with van der Waals surface area (Å²) in [5, 5.41) is 14.8. The topological polar surface area (TPSA) is 168 Å². The molecular formula is C19H35N5O5S2. The van der Waals surface area contributed by atoms with Crippen molar-refractivity contribution in [1.29, 1.82) is 0 Å². The van der Waals surface area contributed by atoms with E-state index < -0.39 is 47.9 Å². The number of carboxylic acid groups (broad SMARTS) is 1. The monoisotopic (exact) mass is 477 g/mol. The molecule has 0 radical (unpaired) electrons. The number of nitrogens with zero attached hydrogens (tertiary/aromatic N) is 1. The first-order valence-corrected chi connectivity index (χ1v) is 12.5.